The van der Waals surface area contributed by atoms with E-state index in [1.54, 1.807) is 0 Å². The van der Waals surface area contributed by atoms with Crippen molar-refractivity contribution in [2.75, 3.05) is 20.1 Å². The molecule has 0 aromatic heterocycles. The Kier molecular flexibility index (Phi) is 7.25. The fourth-order valence-electron chi connectivity index (χ4n) is 1.73. The summed E-state index contributed by atoms with van der Waals surface area (Å²) in [5.41, 5.74) is 0.380. The molecule has 2 heteroatoms. The van der Waals surface area contributed by atoms with Crippen molar-refractivity contribution in [3.8, 4) is 0 Å². The Morgan fingerprint density at radius 1 is 1.06 bits per heavy atom. The monoisotopic (exact) mass is 228 g/mol. The van der Waals surface area contributed by atoms with Gasteiger partial charge < -0.3 is 10.2 Å². The van der Waals surface area contributed by atoms with Crippen LogP contribution in [0, 0.1) is 5.41 Å². The van der Waals surface area contributed by atoms with Crippen LogP contribution in [0.2, 0.25) is 0 Å². The topological polar surface area (TPSA) is 15.3 Å². The molecule has 0 aliphatic heterocycles. The quantitative estimate of drug-likeness (QED) is 0.674. The highest BCUT2D eigenvalue weighted by Gasteiger charge is 2.23. The maximum atomic E-state index is 3.46. The molecule has 0 heterocycles. The molecule has 0 amide bonds. The zero-order valence-corrected chi connectivity index (χ0v) is 12.4. The standard InChI is InChI=1S/C14H32N2/c1-12(2)15-10-8-9-11-16(7)13(3)14(4,5)6/h12-13,15H,8-11H2,1-7H3. The molecule has 0 saturated heterocycles. The Labute approximate surface area is 103 Å². The molecule has 0 bridgehead atoms. The molecule has 0 spiro atoms. The summed E-state index contributed by atoms with van der Waals surface area (Å²) in [6, 6.07) is 1.26. The lowest BCUT2D eigenvalue weighted by atomic mass is 9.87. The molecule has 0 aliphatic rings. The van der Waals surface area contributed by atoms with Gasteiger partial charge in [-0.25, -0.2) is 0 Å². The first-order valence-electron chi connectivity index (χ1n) is 6.68. The predicted molar refractivity (Wildman–Crippen MR) is 73.9 cm³/mol. The van der Waals surface area contributed by atoms with Crippen molar-refractivity contribution in [3.05, 3.63) is 0 Å². The molecule has 1 atom stereocenters. The van der Waals surface area contributed by atoms with Gasteiger partial charge in [0, 0.05) is 12.1 Å². The summed E-state index contributed by atoms with van der Waals surface area (Å²) in [5, 5.41) is 3.46. The van der Waals surface area contributed by atoms with Crippen LogP contribution in [-0.2, 0) is 0 Å². The van der Waals surface area contributed by atoms with E-state index in [9.17, 15) is 0 Å². The van der Waals surface area contributed by atoms with Crippen molar-refractivity contribution in [1.29, 1.82) is 0 Å². The maximum absolute atomic E-state index is 3.46. The molecule has 0 saturated carbocycles. The van der Waals surface area contributed by atoms with Crippen molar-refractivity contribution in [2.45, 2.75) is 66.5 Å². The number of nitrogens with one attached hydrogen (secondary N) is 1. The van der Waals surface area contributed by atoms with Crippen LogP contribution in [0.4, 0.5) is 0 Å². The maximum Gasteiger partial charge on any atom is 0.0112 e. The van der Waals surface area contributed by atoms with Crippen molar-refractivity contribution < 1.29 is 0 Å². The summed E-state index contributed by atoms with van der Waals surface area (Å²) in [5.74, 6) is 0. The first-order valence-corrected chi connectivity index (χ1v) is 6.68. The van der Waals surface area contributed by atoms with Crippen molar-refractivity contribution in [3.63, 3.8) is 0 Å². The van der Waals surface area contributed by atoms with E-state index in [2.05, 4.69) is 58.8 Å². The second-order valence-corrected chi connectivity index (χ2v) is 6.34. The average molecular weight is 228 g/mol. The van der Waals surface area contributed by atoms with E-state index >= 15 is 0 Å². The molecule has 0 aromatic rings. The second kappa shape index (κ2) is 7.29. The summed E-state index contributed by atoms with van der Waals surface area (Å²) in [7, 11) is 2.24. The van der Waals surface area contributed by atoms with Crippen LogP contribution >= 0.6 is 0 Å². The van der Waals surface area contributed by atoms with Crippen LogP contribution in [0.5, 0.6) is 0 Å². The largest absolute Gasteiger partial charge is 0.315 e. The van der Waals surface area contributed by atoms with Crippen LogP contribution in [0.1, 0.15) is 54.4 Å². The molecule has 2 nitrogen and oxygen atoms in total. The Morgan fingerprint density at radius 2 is 1.62 bits per heavy atom. The lowest BCUT2D eigenvalue weighted by molar-refractivity contribution is 0.139. The van der Waals surface area contributed by atoms with Crippen molar-refractivity contribution in [2.24, 2.45) is 5.41 Å². The average Bonchev–Trinajstić information content (AvgIpc) is 2.13. The Balaban J connectivity index is 3.62. The molecule has 0 fully saturated rings. The zero-order chi connectivity index (χ0) is 12.8. The predicted octanol–water partition coefficient (Wildman–Crippen LogP) is 3.13. The number of nitrogens with zero attached hydrogens (tertiary/aromatic N) is 1. The van der Waals surface area contributed by atoms with Gasteiger partial charge in [-0.3, -0.25) is 0 Å². The summed E-state index contributed by atoms with van der Waals surface area (Å²) >= 11 is 0. The summed E-state index contributed by atoms with van der Waals surface area (Å²) < 4.78 is 0. The second-order valence-electron chi connectivity index (χ2n) is 6.34. The molecule has 0 rings (SSSR count). The van der Waals surface area contributed by atoms with E-state index in [-0.39, 0.29) is 0 Å². The van der Waals surface area contributed by atoms with Gasteiger partial charge in [0.15, 0.2) is 0 Å². The fraction of sp³-hybridized carbons (Fsp3) is 1.00. The van der Waals surface area contributed by atoms with E-state index < -0.39 is 0 Å². The van der Waals surface area contributed by atoms with Gasteiger partial charge in [0.1, 0.15) is 0 Å². The highest BCUT2D eigenvalue weighted by atomic mass is 15.1. The molecule has 0 aliphatic carbocycles. The minimum absolute atomic E-state index is 0.380. The minimum atomic E-state index is 0.380. The van der Waals surface area contributed by atoms with Gasteiger partial charge in [-0.1, -0.05) is 34.6 Å². The first kappa shape index (κ1) is 15.9. The molecule has 98 valence electrons. The Morgan fingerprint density at radius 3 is 2.06 bits per heavy atom. The number of hydrogen-bond donors (Lipinski definition) is 1. The van der Waals surface area contributed by atoms with Crippen molar-refractivity contribution >= 4 is 0 Å². The van der Waals surface area contributed by atoms with E-state index in [4.69, 9.17) is 0 Å². The molecule has 0 radical (unpaired) electrons. The van der Waals surface area contributed by atoms with Crippen LogP contribution in [0.25, 0.3) is 0 Å². The van der Waals surface area contributed by atoms with Crippen LogP contribution in [0.3, 0.4) is 0 Å². The minimum Gasteiger partial charge on any atom is -0.315 e. The van der Waals surface area contributed by atoms with Gasteiger partial charge in [0.25, 0.3) is 0 Å². The lowest BCUT2D eigenvalue weighted by Gasteiger charge is -2.35. The first-order chi connectivity index (χ1) is 7.25. The van der Waals surface area contributed by atoms with Gasteiger partial charge in [0.05, 0.1) is 0 Å². The van der Waals surface area contributed by atoms with E-state index in [1.165, 1.54) is 19.4 Å². The number of hydrogen-bond acceptors (Lipinski definition) is 2. The molecule has 1 unspecified atom stereocenters. The van der Waals surface area contributed by atoms with Crippen LogP contribution in [-0.4, -0.2) is 37.1 Å². The normalized spacial score (nSPS) is 14.8. The molecular formula is C14H32N2. The van der Waals surface area contributed by atoms with E-state index in [0.717, 1.165) is 6.54 Å². The van der Waals surface area contributed by atoms with Gasteiger partial charge in [-0.2, -0.15) is 0 Å². The number of rotatable bonds is 7. The van der Waals surface area contributed by atoms with Crippen molar-refractivity contribution in [1.82, 2.24) is 10.2 Å². The summed E-state index contributed by atoms with van der Waals surface area (Å²) in [6.07, 6.45) is 2.57. The lowest BCUT2D eigenvalue weighted by Crippen LogP contribution is -2.39. The third-order valence-corrected chi connectivity index (χ3v) is 3.40. The Hall–Kier alpha value is -0.0800. The smallest absolute Gasteiger partial charge is 0.0112 e. The molecule has 16 heavy (non-hydrogen) atoms. The van der Waals surface area contributed by atoms with Gasteiger partial charge >= 0.3 is 0 Å². The summed E-state index contributed by atoms with van der Waals surface area (Å²) in [6.45, 7) is 16.0. The SMILES string of the molecule is CC(C)NCCCCN(C)C(C)C(C)(C)C. The zero-order valence-electron chi connectivity index (χ0n) is 12.4. The highest BCUT2D eigenvalue weighted by molar-refractivity contribution is 4.77. The van der Waals surface area contributed by atoms with Gasteiger partial charge in [0.2, 0.25) is 0 Å². The molecule has 0 aromatic carbocycles. The number of unbranched alkanes of at least 4 members (excludes halogenated alkanes) is 1. The van der Waals surface area contributed by atoms with Gasteiger partial charge in [-0.05, 0) is 45.3 Å². The third kappa shape index (κ3) is 7.24. The fourth-order valence-corrected chi connectivity index (χ4v) is 1.73. The highest BCUT2D eigenvalue weighted by Crippen LogP contribution is 2.22. The van der Waals surface area contributed by atoms with E-state index in [0.29, 0.717) is 17.5 Å². The van der Waals surface area contributed by atoms with Crippen LogP contribution in [0.15, 0.2) is 0 Å². The van der Waals surface area contributed by atoms with Gasteiger partial charge in [-0.15, -0.1) is 0 Å². The third-order valence-electron chi connectivity index (χ3n) is 3.40. The Bertz CT molecular complexity index is 170. The van der Waals surface area contributed by atoms with E-state index in [1.807, 2.05) is 0 Å². The van der Waals surface area contributed by atoms with Crippen LogP contribution < -0.4 is 5.32 Å². The summed E-state index contributed by atoms with van der Waals surface area (Å²) in [4.78, 5) is 2.48. The molecule has 1 N–H and O–H groups in total. The molecular weight excluding hydrogens is 196 g/mol.